The van der Waals surface area contributed by atoms with Crippen LogP contribution in [0.5, 0.6) is 17.4 Å². The van der Waals surface area contributed by atoms with Crippen LogP contribution in [0.4, 0.5) is 0 Å². The summed E-state index contributed by atoms with van der Waals surface area (Å²) in [5, 5.41) is 0. The van der Waals surface area contributed by atoms with Crippen LogP contribution < -0.4 is 14.2 Å². The second-order valence-corrected chi connectivity index (χ2v) is 7.42. The third kappa shape index (κ3) is 4.50. The van der Waals surface area contributed by atoms with Gasteiger partial charge in [0.15, 0.2) is 11.5 Å². The van der Waals surface area contributed by atoms with E-state index in [1.54, 1.807) is 12.3 Å². The van der Waals surface area contributed by atoms with Crippen LogP contribution in [-0.2, 0) is 0 Å². The van der Waals surface area contributed by atoms with Crippen LogP contribution >= 0.6 is 0 Å². The van der Waals surface area contributed by atoms with Crippen molar-refractivity contribution in [2.75, 3.05) is 26.3 Å². The predicted octanol–water partition coefficient (Wildman–Crippen LogP) is 3.44. The molecule has 1 atom stereocenters. The number of Topliss-reactive ketones (excluding diaryl/α,β-unsaturated/α-hetero) is 1. The SMILES string of the molecule is CCC(=O)c1ccc(OC2CCN(C(C)c3ccc4c(n3)OCCO4)CC2)cn1. The number of pyridine rings is 2. The Kier molecular flexibility index (Phi) is 5.94. The molecule has 4 rings (SSSR count). The smallest absolute Gasteiger partial charge is 0.257 e. The zero-order valence-corrected chi connectivity index (χ0v) is 17.0. The lowest BCUT2D eigenvalue weighted by molar-refractivity contribution is 0.0778. The van der Waals surface area contributed by atoms with Gasteiger partial charge in [0.1, 0.15) is 30.8 Å². The second-order valence-electron chi connectivity index (χ2n) is 7.42. The lowest BCUT2D eigenvalue weighted by Gasteiger charge is -2.36. The van der Waals surface area contributed by atoms with Gasteiger partial charge in [-0.3, -0.25) is 9.69 Å². The van der Waals surface area contributed by atoms with Gasteiger partial charge in [-0.15, -0.1) is 0 Å². The van der Waals surface area contributed by atoms with Crippen LogP contribution in [0.25, 0.3) is 0 Å². The van der Waals surface area contributed by atoms with Gasteiger partial charge in [-0.25, -0.2) is 9.97 Å². The average molecular weight is 397 g/mol. The van der Waals surface area contributed by atoms with E-state index in [4.69, 9.17) is 14.2 Å². The summed E-state index contributed by atoms with van der Waals surface area (Å²) in [7, 11) is 0. The highest BCUT2D eigenvalue weighted by Gasteiger charge is 2.26. The number of rotatable bonds is 6. The fourth-order valence-corrected chi connectivity index (χ4v) is 3.73. The molecule has 0 saturated carbocycles. The van der Waals surface area contributed by atoms with E-state index in [9.17, 15) is 4.79 Å². The number of ether oxygens (including phenoxy) is 3. The van der Waals surface area contributed by atoms with Crippen molar-refractivity contribution in [2.24, 2.45) is 0 Å². The first-order chi connectivity index (χ1) is 14.1. The monoisotopic (exact) mass is 397 g/mol. The number of hydrogen-bond donors (Lipinski definition) is 0. The fourth-order valence-electron chi connectivity index (χ4n) is 3.73. The Bertz CT molecular complexity index is 848. The van der Waals surface area contributed by atoms with Crippen LogP contribution in [0.15, 0.2) is 30.5 Å². The van der Waals surface area contributed by atoms with Gasteiger partial charge in [0, 0.05) is 25.6 Å². The van der Waals surface area contributed by atoms with Crippen molar-refractivity contribution in [3.05, 3.63) is 41.9 Å². The Morgan fingerprint density at radius 2 is 2.00 bits per heavy atom. The fraction of sp³-hybridized carbons (Fsp3) is 0.500. The highest BCUT2D eigenvalue weighted by molar-refractivity contribution is 5.93. The molecule has 0 amide bonds. The lowest BCUT2D eigenvalue weighted by atomic mass is 10.0. The average Bonchev–Trinajstić information content (AvgIpc) is 2.79. The molecule has 154 valence electrons. The molecule has 7 nitrogen and oxygen atoms in total. The van der Waals surface area contributed by atoms with Crippen molar-refractivity contribution in [1.29, 1.82) is 0 Å². The molecule has 1 fully saturated rings. The van der Waals surface area contributed by atoms with E-state index >= 15 is 0 Å². The van der Waals surface area contributed by atoms with Gasteiger partial charge in [-0.05, 0) is 44.0 Å². The summed E-state index contributed by atoms with van der Waals surface area (Å²) >= 11 is 0. The molecule has 0 bridgehead atoms. The van der Waals surface area contributed by atoms with Crippen molar-refractivity contribution in [2.45, 2.75) is 45.3 Å². The van der Waals surface area contributed by atoms with E-state index in [0.717, 1.165) is 43.1 Å². The summed E-state index contributed by atoms with van der Waals surface area (Å²) in [6, 6.07) is 7.75. The van der Waals surface area contributed by atoms with Crippen molar-refractivity contribution < 1.29 is 19.0 Å². The Hall–Kier alpha value is -2.67. The van der Waals surface area contributed by atoms with Gasteiger partial charge in [-0.2, -0.15) is 0 Å². The first-order valence-corrected chi connectivity index (χ1v) is 10.3. The molecule has 2 aliphatic heterocycles. The van der Waals surface area contributed by atoms with Crippen LogP contribution in [0.1, 0.15) is 55.3 Å². The van der Waals surface area contributed by atoms with Gasteiger partial charge in [0.2, 0.25) is 0 Å². The largest absolute Gasteiger partial charge is 0.489 e. The molecule has 0 spiro atoms. The summed E-state index contributed by atoms with van der Waals surface area (Å²) in [4.78, 5) is 23.0. The molecular weight excluding hydrogens is 370 g/mol. The molecule has 2 aliphatic rings. The highest BCUT2D eigenvalue weighted by Crippen LogP contribution is 2.32. The summed E-state index contributed by atoms with van der Waals surface area (Å²) in [6.07, 6.45) is 4.13. The van der Waals surface area contributed by atoms with E-state index in [0.29, 0.717) is 31.2 Å². The molecule has 0 N–H and O–H groups in total. The van der Waals surface area contributed by atoms with Crippen molar-refractivity contribution >= 4 is 5.78 Å². The minimum Gasteiger partial charge on any atom is -0.489 e. The van der Waals surface area contributed by atoms with Crippen molar-refractivity contribution in [3.8, 4) is 17.4 Å². The Morgan fingerprint density at radius 3 is 2.72 bits per heavy atom. The molecule has 7 heteroatoms. The van der Waals surface area contributed by atoms with Gasteiger partial charge in [0.25, 0.3) is 5.88 Å². The normalized spacial score (nSPS) is 18.3. The molecule has 2 aromatic rings. The number of ketones is 1. The summed E-state index contributed by atoms with van der Waals surface area (Å²) in [6.45, 7) is 6.99. The number of fused-ring (bicyclic) bond motifs is 1. The molecule has 4 heterocycles. The maximum atomic E-state index is 11.7. The molecule has 0 aromatic carbocycles. The van der Waals surface area contributed by atoms with Crippen LogP contribution in [0.3, 0.4) is 0 Å². The number of carbonyl (C=O) groups is 1. The maximum Gasteiger partial charge on any atom is 0.257 e. The van der Waals surface area contributed by atoms with Gasteiger partial charge >= 0.3 is 0 Å². The van der Waals surface area contributed by atoms with E-state index < -0.39 is 0 Å². The van der Waals surface area contributed by atoms with Crippen molar-refractivity contribution in [3.63, 3.8) is 0 Å². The Labute approximate surface area is 171 Å². The topological polar surface area (TPSA) is 73.8 Å². The number of piperidine rings is 1. The van der Waals surface area contributed by atoms with E-state index in [2.05, 4.69) is 21.8 Å². The summed E-state index contributed by atoms with van der Waals surface area (Å²) in [5.41, 5.74) is 1.49. The number of aromatic nitrogens is 2. The molecule has 0 radical (unpaired) electrons. The number of nitrogens with zero attached hydrogens (tertiary/aromatic N) is 3. The first kappa shape index (κ1) is 19.6. The standard InChI is InChI=1S/C22H27N3O4/c1-3-20(26)19-5-4-17(14-23-19)29-16-8-10-25(11-9-16)15(2)18-6-7-21-22(24-18)28-13-12-27-21/h4-7,14-16H,3,8-13H2,1-2H3. The summed E-state index contributed by atoms with van der Waals surface area (Å²) in [5.74, 6) is 2.08. The number of hydrogen-bond acceptors (Lipinski definition) is 7. The minimum absolute atomic E-state index is 0.0478. The number of carbonyl (C=O) groups excluding carboxylic acids is 1. The van der Waals surface area contributed by atoms with Crippen LogP contribution in [0.2, 0.25) is 0 Å². The first-order valence-electron chi connectivity index (χ1n) is 10.3. The zero-order valence-electron chi connectivity index (χ0n) is 17.0. The molecule has 1 saturated heterocycles. The lowest BCUT2D eigenvalue weighted by Crippen LogP contribution is -2.39. The summed E-state index contributed by atoms with van der Waals surface area (Å²) < 4.78 is 17.3. The Balaban J connectivity index is 1.31. The van der Waals surface area contributed by atoms with Gasteiger partial charge in [0.05, 0.1) is 11.9 Å². The van der Waals surface area contributed by atoms with E-state index in [1.807, 2.05) is 25.1 Å². The second kappa shape index (κ2) is 8.78. The minimum atomic E-state index is 0.0478. The number of likely N-dealkylation sites (tertiary alicyclic amines) is 1. The molecule has 0 aliphatic carbocycles. The van der Waals surface area contributed by atoms with Gasteiger partial charge < -0.3 is 14.2 Å². The van der Waals surface area contributed by atoms with Crippen LogP contribution in [-0.4, -0.2) is 53.1 Å². The quantitative estimate of drug-likeness (QED) is 0.691. The van der Waals surface area contributed by atoms with E-state index in [-0.39, 0.29) is 17.9 Å². The predicted molar refractivity (Wildman–Crippen MR) is 108 cm³/mol. The molecule has 2 aromatic heterocycles. The zero-order chi connectivity index (χ0) is 20.2. The molecule has 1 unspecified atom stereocenters. The van der Waals surface area contributed by atoms with Gasteiger partial charge in [-0.1, -0.05) is 6.92 Å². The maximum absolute atomic E-state index is 11.7. The third-order valence-electron chi connectivity index (χ3n) is 5.52. The van der Waals surface area contributed by atoms with Crippen LogP contribution in [0, 0.1) is 0 Å². The van der Waals surface area contributed by atoms with Crippen molar-refractivity contribution in [1.82, 2.24) is 14.9 Å². The third-order valence-corrected chi connectivity index (χ3v) is 5.52. The molecule has 29 heavy (non-hydrogen) atoms. The molecular formula is C22H27N3O4. The highest BCUT2D eigenvalue weighted by atomic mass is 16.6. The Morgan fingerprint density at radius 1 is 1.21 bits per heavy atom. The van der Waals surface area contributed by atoms with E-state index in [1.165, 1.54) is 0 Å².